The molecule has 1 fully saturated rings. The van der Waals surface area contributed by atoms with Crippen molar-refractivity contribution >= 4 is 28.2 Å². The van der Waals surface area contributed by atoms with Gasteiger partial charge in [0.05, 0.1) is 11.8 Å². The van der Waals surface area contributed by atoms with E-state index in [0.29, 0.717) is 18.7 Å². The van der Waals surface area contributed by atoms with Gasteiger partial charge in [-0.25, -0.2) is 4.98 Å². The number of ketones is 1. The fraction of sp³-hybridized carbons (Fsp3) is 0.294. The van der Waals surface area contributed by atoms with Crippen molar-refractivity contribution in [3.8, 4) is 22.4 Å². The molecule has 0 radical (unpaired) electrons. The Morgan fingerprint density at radius 3 is 2.60 bits per heavy atom. The molecule has 0 bridgehead atoms. The Morgan fingerprint density at radius 1 is 0.976 bits per heavy atom. The molecule has 0 unspecified atom stereocenters. The molecule has 1 saturated heterocycles. The van der Waals surface area contributed by atoms with Gasteiger partial charge in [0.2, 0.25) is 0 Å². The van der Waals surface area contributed by atoms with Crippen LogP contribution in [-0.4, -0.2) is 54.7 Å². The van der Waals surface area contributed by atoms with Crippen molar-refractivity contribution in [2.24, 2.45) is 0 Å². The van der Waals surface area contributed by atoms with Crippen LogP contribution in [0.4, 0.5) is 11.5 Å². The molecule has 5 heterocycles. The smallest absolute Gasteiger partial charge is 0.180 e. The minimum atomic E-state index is -0.231. The predicted octanol–water partition coefficient (Wildman–Crippen LogP) is 6.06. The zero-order valence-electron chi connectivity index (χ0n) is 24.0. The summed E-state index contributed by atoms with van der Waals surface area (Å²) < 4.78 is 1.86. The van der Waals surface area contributed by atoms with Crippen LogP contribution in [0.2, 0.25) is 0 Å². The van der Waals surface area contributed by atoms with Crippen LogP contribution in [0.25, 0.3) is 33.3 Å². The molecule has 0 spiro atoms. The number of likely N-dealkylation sites (tertiary alicyclic amines) is 1. The highest BCUT2D eigenvalue weighted by Gasteiger charge is 2.22. The van der Waals surface area contributed by atoms with E-state index in [1.54, 1.807) is 0 Å². The molecule has 0 saturated carbocycles. The van der Waals surface area contributed by atoms with Crippen LogP contribution in [-0.2, 0) is 13.1 Å². The normalized spacial score (nSPS) is 17.1. The number of pyridine rings is 2. The monoisotopic (exact) mass is 558 g/mol. The molecule has 0 aliphatic carbocycles. The number of aromatic nitrogens is 4. The van der Waals surface area contributed by atoms with Gasteiger partial charge in [-0.05, 0) is 78.8 Å². The number of benzene rings is 2. The number of carbonyl (C=O) groups is 1. The number of anilines is 2. The first-order valence-electron chi connectivity index (χ1n) is 14.7. The van der Waals surface area contributed by atoms with Gasteiger partial charge in [-0.2, -0.15) is 5.10 Å². The van der Waals surface area contributed by atoms with Gasteiger partial charge >= 0.3 is 0 Å². The number of fused-ring (bicyclic) bond motifs is 2. The van der Waals surface area contributed by atoms with Crippen LogP contribution in [0.1, 0.15) is 46.4 Å². The van der Waals surface area contributed by atoms with E-state index in [9.17, 15) is 9.90 Å². The van der Waals surface area contributed by atoms with Crippen LogP contribution in [0.15, 0.2) is 67.0 Å². The van der Waals surface area contributed by atoms with Gasteiger partial charge in [-0.15, -0.1) is 0 Å². The van der Waals surface area contributed by atoms with Gasteiger partial charge in [-0.3, -0.25) is 19.4 Å². The first-order valence-corrected chi connectivity index (χ1v) is 14.7. The van der Waals surface area contributed by atoms with Gasteiger partial charge < -0.3 is 10.4 Å². The van der Waals surface area contributed by atoms with E-state index < -0.39 is 0 Å². The number of carbonyl (C=O) groups excluding carboxylic acids is 1. The molecule has 42 heavy (non-hydrogen) atoms. The average molecular weight is 559 g/mol. The molecule has 2 N–H and O–H groups in total. The summed E-state index contributed by atoms with van der Waals surface area (Å²) in [5.41, 5.74) is 10.0. The predicted molar refractivity (Wildman–Crippen MR) is 165 cm³/mol. The van der Waals surface area contributed by atoms with Crippen LogP contribution in [0, 0.1) is 13.8 Å². The highest BCUT2D eigenvalue weighted by Crippen LogP contribution is 2.37. The summed E-state index contributed by atoms with van der Waals surface area (Å²) in [7, 11) is 0. The van der Waals surface area contributed by atoms with Gasteiger partial charge in [0.15, 0.2) is 11.6 Å². The Kier molecular flexibility index (Phi) is 6.80. The van der Waals surface area contributed by atoms with E-state index in [0.717, 1.165) is 94.0 Å². The molecule has 8 nitrogen and oxygen atoms in total. The maximum absolute atomic E-state index is 12.4. The van der Waals surface area contributed by atoms with Crippen molar-refractivity contribution in [3.05, 3.63) is 89.4 Å². The van der Waals surface area contributed by atoms with Gasteiger partial charge in [0.25, 0.3) is 0 Å². The summed E-state index contributed by atoms with van der Waals surface area (Å²) in [5.74, 6) is 0.886. The third-order valence-corrected chi connectivity index (χ3v) is 8.64. The molecule has 1 atom stereocenters. The quantitative estimate of drug-likeness (QED) is 0.261. The van der Waals surface area contributed by atoms with Crippen LogP contribution in [0.5, 0.6) is 0 Å². The summed E-state index contributed by atoms with van der Waals surface area (Å²) in [6.45, 7) is 7.43. The number of β-amino-alcohol motifs (C(OH)–C–C–N with tert-alkyl or cyclic N) is 1. The summed E-state index contributed by atoms with van der Waals surface area (Å²) in [4.78, 5) is 24.1. The van der Waals surface area contributed by atoms with Crippen LogP contribution >= 0.6 is 0 Å². The number of hydrogen-bond donors (Lipinski definition) is 2. The second kappa shape index (κ2) is 10.8. The number of aryl methyl sites for hydroxylation is 1. The lowest BCUT2D eigenvalue weighted by molar-refractivity contribution is 0.0951. The number of aliphatic hydroxyl groups excluding tert-OH is 1. The molecule has 2 aliphatic heterocycles. The summed E-state index contributed by atoms with van der Waals surface area (Å²) in [5, 5.41) is 19.2. The molecular weight excluding hydrogens is 524 g/mol. The van der Waals surface area contributed by atoms with Crippen molar-refractivity contribution in [3.63, 3.8) is 0 Å². The molecule has 2 aliphatic rings. The number of nitrogens with zero attached hydrogens (tertiary/aromatic N) is 5. The lowest BCUT2D eigenvalue weighted by atomic mass is 9.92. The fourth-order valence-corrected chi connectivity index (χ4v) is 6.35. The average Bonchev–Trinajstić information content (AvgIpc) is 3.61. The summed E-state index contributed by atoms with van der Waals surface area (Å²) >= 11 is 0. The highest BCUT2D eigenvalue weighted by atomic mass is 16.3. The molecule has 5 aromatic rings. The summed E-state index contributed by atoms with van der Waals surface area (Å²) in [6, 6.07) is 18.7. The zero-order valence-corrected chi connectivity index (χ0v) is 24.0. The largest absolute Gasteiger partial charge is 0.392 e. The van der Waals surface area contributed by atoms with E-state index in [4.69, 9.17) is 10.1 Å². The highest BCUT2D eigenvalue weighted by molar-refractivity contribution is 5.96. The van der Waals surface area contributed by atoms with E-state index in [-0.39, 0.29) is 11.9 Å². The minimum absolute atomic E-state index is 0.169. The van der Waals surface area contributed by atoms with Crippen molar-refractivity contribution in [1.82, 2.24) is 24.6 Å². The molecule has 212 valence electrons. The van der Waals surface area contributed by atoms with E-state index in [1.807, 2.05) is 29.2 Å². The Balaban J connectivity index is 1.19. The Labute approximate surface area is 245 Å². The molecule has 2 aromatic carbocycles. The van der Waals surface area contributed by atoms with Gasteiger partial charge in [0, 0.05) is 61.6 Å². The van der Waals surface area contributed by atoms with E-state index in [1.165, 1.54) is 0 Å². The second-order valence-electron chi connectivity index (χ2n) is 11.5. The lowest BCUT2D eigenvalue weighted by Gasteiger charge is -2.17. The van der Waals surface area contributed by atoms with Crippen molar-refractivity contribution in [2.45, 2.75) is 52.3 Å². The van der Waals surface area contributed by atoms with Crippen LogP contribution < -0.4 is 5.32 Å². The van der Waals surface area contributed by atoms with Gasteiger partial charge in [-0.1, -0.05) is 30.3 Å². The Bertz CT molecular complexity index is 1830. The standard InChI is InChI=1S/C34H34N6O2/c1-21-26(6-3-8-28(21)30-17-31-32(42)10-5-14-40(31)38-30)27-7-4-9-29(22(27)2)37-34-33-24(11-13-35-34)16-23(18-36-33)19-39-15-12-25(41)20-39/h3-4,6-9,11,13,16-18,25,41H,5,10,12,14-15,19-20H2,1-2H3,(H,35,37)/t25-/m1/s1. The first-order chi connectivity index (χ1) is 20.4. The number of rotatable bonds is 6. The maximum Gasteiger partial charge on any atom is 0.180 e. The summed E-state index contributed by atoms with van der Waals surface area (Å²) in [6.07, 6.45) is 5.77. The fourth-order valence-electron chi connectivity index (χ4n) is 6.35. The molecule has 8 heteroatoms. The Morgan fingerprint density at radius 2 is 1.79 bits per heavy atom. The Hall–Kier alpha value is -4.40. The maximum atomic E-state index is 12.4. The van der Waals surface area contributed by atoms with Crippen LogP contribution in [0.3, 0.4) is 0 Å². The number of aliphatic hydroxyl groups is 1. The molecule has 0 amide bonds. The van der Waals surface area contributed by atoms with Crippen molar-refractivity contribution < 1.29 is 9.90 Å². The lowest BCUT2D eigenvalue weighted by Crippen LogP contribution is -2.21. The number of hydrogen-bond acceptors (Lipinski definition) is 7. The third kappa shape index (κ3) is 4.86. The zero-order chi connectivity index (χ0) is 28.8. The SMILES string of the molecule is Cc1c(Nc2nccc3cc(CN4CC[C@@H](O)C4)cnc23)cccc1-c1cccc(-c2cc3n(n2)CCCC3=O)c1C. The molecule has 7 rings (SSSR count). The van der Waals surface area contributed by atoms with Crippen molar-refractivity contribution in [2.75, 3.05) is 18.4 Å². The van der Waals surface area contributed by atoms with Crippen molar-refractivity contribution in [1.29, 1.82) is 0 Å². The third-order valence-electron chi connectivity index (χ3n) is 8.64. The van der Waals surface area contributed by atoms with E-state index >= 15 is 0 Å². The molecule has 3 aromatic heterocycles. The van der Waals surface area contributed by atoms with E-state index in [2.05, 4.69) is 71.5 Å². The molecular formula is C34H34N6O2. The van der Waals surface area contributed by atoms with Gasteiger partial charge in [0.1, 0.15) is 11.2 Å². The first kappa shape index (κ1) is 26.5. The second-order valence-corrected chi connectivity index (χ2v) is 11.5. The minimum Gasteiger partial charge on any atom is -0.392 e. The topological polar surface area (TPSA) is 96.2 Å². The number of nitrogens with one attached hydrogen (secondary N) is 1. The number of Topliss-reactive ketones (excluding diaryl/α,β-unsaturated/α-hetero) is 1.